The van der Waals surface area contributed by atoms with Gasteiger partial charge in [0.25, 0.3) is 5.69 Å². The molecule has 0 bridgehead atoms. The number of nitro groups is 1. The minimum Gasteiger partial charge on any atom is -0.506 e. The number of nitrogens with one attached hydrogen (secondary N) is 1. The van der Waals surface area contributed by atoms with Crippen LogP contribution in [0.15, 0.2) is 18.2 Å². The van der Waals surface area contributed by atoms with E-state index in [9.17, 15) is 20.0 Å². The molecule has 0 saturated carbocycles. The van der Waals surface area contributed by atoms with E-state index in [1.54, 1.807) is 0 Å². The van der Waals surface area contributed by atoms with Gasteiger partial charge in [0.1, 0.15) is 5.75 Å². The van der Waals surface area contributed by atoms with Gasteiger partial charge in [-0.05, 0) is 18.9 Å². The van der Waals surface area contributed by atoms with E-state index in [4.69, 9.17) is 6.42 Å². The van der Waals surface area contributed by atoms with E-state index in [1.807, 2.05) is 0 Å². The molecule has 0 aliphatic rings. The average Bonchev–Trinajstić information content (AvgIpc) is 2.37. The molecule has 0 aliphatic carbocycles. The summed E-state index contributed by atoms with van der Waals surface area (Å²) in [5, 5.41) is 22.5. The van der Waals surface area contributed by atoms with Crippen LogP contribution in [0.2, 0.25) is 0 Å². The fourth-order valence-corrected chi connectivity index (χ4v) is 1.46. The Morgan fingerprint density at radius 2 is 2.21 bits per heavy atom. The first-order valence-corrected chi connectivity index (χ1v) is 5.75. The monoisotopic (exact) mass is 262 g/mol. The van der Waals surface area contributed by atoms with E-state index in [-0.39, 0.29) is 29.5 Å². The zero-order valence-corrected chi connectivity index (χ0v) is 10.3. The summed E-state index contributed by atoms with van der Waals surface area (Å²) in [6, 6.07) is 3.51. The summed E-state index contributed by atoms with van der Waals surface area (Å²) in [4.78, 5) is 21.4. The second kappa shape index (κ2) is 7.01. The van der Waals surface area contributed by atoms with Gasteiger partial charge in [-0.15, -0.1) is 12.3 Å². The van der Waals surface area contributed by atoms with Gasteiger partial charge in [0.05, 0.1) is 16.7 Å². The molecule has 0 fully saturated rings. The Labute approximate surface area is 110 Å². The highest BCUT2D eigenvalue weighted by atomic mass is 16.6. The lowest BCUT2D eigenvalue weighted by molar-refractivity contribution is -0.384. The number of unbranched alkanes of at least 4 members (excludes halogenated alkanes) is 2. The van der Waals surface area contributed by atoms with Gasteiger partial charge in [-0.2, -0.15) is 0 Å². The SMILES string of the molecule is C#CCCCCC(=O)Nc1ccc([N+](=O)[O-])cc1O. The van der Waals surface area contributed by atoms with Crippen LogP contribution < -0.4 is 5.32 Å². The molecular weight excluding hydrogens is 248 g/mol. The number of hydrogen-bond acceptors (Lipinski definition) is 4. The Morgan fingerprint density at radius 1 is 1.47 bits per heavy atom. The van der Waals surface area contributed by atoms with E-state index in [0.29, 0.717) is 12.8 Å². The second-order valence-corrected chi connectivity index (χ2v) is 3.92. The van der Waals surface area contributed by atoms with Gasteiger partial charge >= 0.3 is 0 Å². The smallest absolute Gasteiger partial charge is 0.273 e. The molecule has 0 aliphatic heterocycles. The van der Waals surface area contributed by atoms with Gasteiger partial charge in [-0.3, -0.25) is 14.9 Å². The van der Waals surface area contributed by atoms with Crippen molar-refractivity contribution in [2.45, 2.75) is 25.7 Å². The number of phenolic OH excluding ortho intramolecular Hbond substituents is 1. The van der Waals surface area contributed by atoms with Crippen LogP contribution in [0.3, 0.4) is 0 Å². The molecule has 6 nitrogen and oxygen atoms in total. The Hall–Kier alpha value is -2.55. The van der Waals surface area contributed by atoms with Crippen LogP contribution in [0, 0.1) is 22.5 Å². The predicted molar refractivity (Wildman–Crippen MR) is 70.7 cm³/mol. The van der Waals surface area contributed by atoms with Crippen molar-refractivity contribution in [2.24, 2.45) is 0 Å². The van der Waals surface area contributed by atoms with Gasteiger partial charge in [-0.1, -0.05) is 0 Å². The van der Waals surface area contributed by atoms with Crippen LogP contribution in [-0.2, 0) is 4.79 Å². The van der Waals surface area contributed by atoms with Crippen LogP contribution in [0.4, 0.5) is 11.4 Å². The lowest BCUT2D eigenvalue weighted by Gasteiger charge is -2.06. The maximum absolute atomic E-state index is 11.5. The molecular formula is C13H14N2O4. The zero-order chi connectivity index (χ0) is 14.3. The molecule has 19 heavy (non-hydrogen) atoms. The van der Waals surface area contributed by atoms with Crippen LogP contribution in [0.1, 0.15) is 25.7 Å². The average molecular weight is 262 g/mol. The highest BCUT2D eigenvalue weighted by Gasteiger charge is 2.11. The van der Waals surface area contributed by atoms with Crippen LogP contribution >= 0.6 is 0 Å². The van der Waals surface area contributed by atoms with Crippen LogP contribution in [-0.4, -0.2) is 15.9 Å². The maximum atomic E-state index is 11.5. The summed E-state index contributed by atoms with van der Waals surface area (Å²) in [5.41, 5.74) is -0.0722. The Balaban J connectivity index is 2.55. The first-order chi connectivity index (χ1) is 9.04. The first-order valence-electron chi connectivity index (χ1n) is 5.75. The summed E-state index contributed by atoms with van der Waals surface area (Å²) in [6.45, 7) is 0. The van der Waals surface area contributed by atoms with E-state index in [0.717, 1.165) is 12.5 Å². The van der Waals surface area contributed by atoms with Crippen LogP contribution in [0.5, 0.6) is 5.75 Å². The van der Waals surface area contributed by atoms with Gasteiger partial charge < -0.3 is 10.4 Å². The van der Waals surface area contributed by atoms with Crippen molar-refractivity contribution in [1.29, 1.82) is 0 Å². The number of non-ortho nitro benzene ring substituents is 1. The van der Waals surface area contributed by atoms with E-state index < -0.39 is 4.92 Å². The molecule has 2 N–H and O–H groups in total. The molecule has 0 heterocycles. The molecule has 100 valence electrons. The highest BCUT2D eigenvalue weighted by molar-refractivity contribution is 5.92. The standard InChI is InChI=1S/C13H14N2O4/c1-2-3-4-5-6-13(17)14-11-8-7-10(15(18)19)9-12(11)16/h1,7-9,16H,3-6H2,(H,14,17). The third-order valence-corrected chi connectivity index (χ3v) is 2.44. The quantitative estimate of drug-likeness (QED) is 0.271. The number of hydrogen-bond donors (Lipinski definition) is 2. The minimum absolute atomic E-state index is 0.160. The predicted octanol–water partition coefficient (Wildman–Crippen LogP) is 2.43. The summed E-state index contributed by atoms with van der Waals surface area (Å²) in [6.07, 6.45) is 7.42. The molecule has 0 aromatic heterocycles. The van der Waals surface area contributed by atoms with Gasteiger partial charge in [0.15, 0.2) is 0 Å². The lowest BCUT2D eigenvalue weighted by atomic mass is 10.2. The van der Waals surface area contributed by atoms with Crippen molar-refractivity contribution in [2.75, 3.05) is 5.32 Å². The van der Waals surface area contributed by atoms with Crippen molar-refractivity contribution >= 4 is 17.3 Å². The number of anilines is 1. The number of carbonyl (C=O) groups is 1. The molecule has 0 radical (unpaired) electrons. The fourth-order valence-electron chi connectivity index (χ4n) is 1.46. The third kappa shape index (κ3) is 4.68. The molecule has 1 rings (SSSR count). The minimum atomic E-state index is -0.620. The largest absolute Gasteiger partial charge is 0.506 e. The van der Waals surface area contributed by atoms with Crippen molar-refractivity contribution in [3.05, 3.63) is 28.3 Å². The van der Waals surface area contributed by atoms with E-state index in [2.05, 4.69) is 11.2 Å². The highest BCUT2D eigenvalue weighted by Crippen LogP contribution is 2.27. The molecule has 0 spiro atoms. The fraction of sp³-hybridized carbons (Fsp3) is 0.308. The third-order valence-electron chi connectivity index (χ3n) is 2.44. The Bertz CT molecular complexity index is 520. The molecule has 1 amide bonds. The summed E-state index contributed by atoms with van der Waals surface area (Å²) in [7, 11) is 0. The number of benzene rings is 1. The van der Waals surface area contributed by atoms with Crippen LogP contribution in [0.25, 0.3) is 0 Å². The lowest BCUT2D eigenvalue weighted by Crippen LogP contribution is -2.11. The molecule has 1 aromatic rings. The Morgan fingerprint density at radius 3 is 2.79 bits per heavy atom. The number of nitro benzene ring substituents is 1. The molecule has 0 saturated heterocycles. The second-order valence-electron chi connectivity index (χ2n) is 3.92. The summed E-state index contributed by atoms with van der Waals surface area (Å²) in [5.74, 6) is 1.89. The van der Waals surface area contributed by atoms with Crippen molar-refractivity contribution in [1.82, 2.24) is 0 Å². The molecule has 6 heteroatoms. The van der Waals surface area contributed by atoms with E-state index >= 15 is 0 Å². The normalized spacial score (nSPS) is 9.63. The number of carbonyl (C=O) groups excluding carboxylic acids is 1. The number of terminal acetylenes is 1. The maximum Gasteiger partial charge on any atom is 0.273 e. The van der Waals surface area contributed by atoms with E-state index in [1.165, 1.54) is 12.1 Å². The Kier molecular flexibility index (Phi) is 5.35. The summed E-state index contributed by atoms with van der Waals surface area (Å²) >= 11 is 0. The zero-order valence-electron chi connectivity index (χ0n) is 10.3. The molecule has 0 atom stereocenters. The number of phenols is 1. The number of aromatic hydroxyl groups is 1. The number of rotatable bonds is 6. The molecule has 1 aromatic carbocycles. The molecule has 0 unspecified atom stereocenters. The number of nitrogens with zero attached hydrogens (tertiary/aromatic N) is 1. The summed E-state index contributed by atoms with van der Waals surface area (Å²) < 4.78 is 0. The van der Waals surface area contributed by atoms with Gasteiger partial charge in [-0.25, -0.2) is 0 Å². The first kappa shape index (κ1) is 14.5. The van der Waals surface area contributed by atoms with Crippen molar-refractivity contribution in [3.8, 4) is 18.1 Å². The number of amides is 1. The van der Waals surface area contributed by atoms with Crippen molar-refractivity contribution in [3.63, 3.8) is 0 Å². The topological polar surface area (TPSA) is 92.5 Å². The van der Waals surface area contributed by atoms with Gasteiger partial charge in [0.2, 0.25) is 5.91 Å². The van der Waals surface area contributed by atoms with Gasteiger partial charge in [0, 0.05) is 18.9 Å². The van der Waals surface area contributed by atoms with Crippen molar-refractivity contribution < 1.29 is 14.8 Å².